The van der Waals surface area contributed by atoms with Crippen LogP contribution < -0.4 is 4.90 Å². The van der Waals surface area contributed by atoms with E-state index >= 15 is 0 Å². The highest BCUT2D eigenvalue weighted by Crippen LogP contribution is 2.28. The van der Waals surface area contributed by atoms with Crippen LogP contribution in [0.15, 0.2) is 17.0 Å². The molecule has 2 heterocycles. The van der Waals surface area contributed by atoms with E-state index in [1.165, 1.54) is 6.42 Å². The lowest BCUT2D eigenvalue weighted by Gasteiger charge is -2.35. The molecule has 5 heteroatoms. The zero-order chi connectivity index (χ0) is 10.7. The molecule has 15 heavy (non-hydrogen) atoms. The van der Waals surface area contributed by atoms with Crippen molar-refractivity contribution < 1.29 is 5.11 Å². The molecule has 0 spiro atoms. The van der Waals surface area contributed by atoms with Crippen molar-refractivity contribution in [2.24, 2.45) is 0 Å². The second kappa shape index (κ2) is 4.90. The predicted octanol–water partition coefficient (Wildman–Crippen LogP) is 1.59. The van der Waals surface area contributed by atoms with Gasteiger partial charge in [-0.05, 0) is 35.2 Å². The topological polar surface area (TPSA) is 49.2 Å². The Morgan fingerprint density at radius 3 is 3.13 bits per heavy atom. The fourth-order valence-corrected chi connectivity index (χ4v) is 2.44. The first kappa shape index (κ1) is 10.8. The third-order valence-corrected chi connectivity index (χ3v) is 3.32. The fraction of sp³-hybridized carbons (Fsp3) is 0.600. The van der Waals surface area contributed by atoms with Gasteiger partial charge in [-0.1, -0.05) is 0 Å². The molecule has 1 aromatic rings. The van der Waals surface area contributed by atoms with Crippen molar-refractivity contribution in [3.63, 3.8) is 0 Å². The Hall–Kier alpha value is -0.680. The van der Waals surface area contributed by atoms with Gasteiger partial charge in [0.25, 0.3) is 0 Å². The molecule has 82 valence electrons. The van der Waals surface area contributed by atoms with Crippen LogP contribution in [-0.4, -0.2) is 34.3 Å². The molecular weight excluding hydrogens is 258 g/mol. The van der Waals surface area contributed by atoms with Gasteiger partial charge < -0.3 is 10.0 Å². The Bertz CT molecular complexity index is 334. The predicted molar refractivity (Wildman–Crippen MR) is 61.8 cm³/mol. The molecule has 2 rings (SSSR count). The van der Waals surface area contributed by atoms with Crippen LogP contribution in [-0.2, 0) is 0 Å². The number of hydrogen-bond donors (Lipinski definition) is 1. The fourth-order valence-electron chi connectivity index (χ4n) is 1.99. The molecule has 0 bridgehead atoms. The highest BCUT2D eigenvalue weighted by atomic mass is 79.9. The monoisotopic (exact) mass is 271 g/mol. The van der Waals surface area contributed by atoms with Crippen LogP contribution >= 0.6 is 15.9 Å². The molecule has 1 aliphatic rings. The van der Waals surface area contributed by atoms with Gasteiger partial charge in [0.15, 0.2) is 0 Å². The minimum Gasteiger partial charge on any atom is -0.394 e. The van der Waals surface area contributed by atoms with E-state index in [1.54, 1.807) is 12.5 Å². The molecule has 0 aliphatic carbocycles. The van der Waals surface area contributed by atoms with Crippen LogP contribution in [0.1, 0.15) is 19.3 Å². The largest absolute Gasteiger partial charge is 0.394 e. The zero-order valence-electron chi connectivity index (χ0n) is 8.43. The molecule has 0 amide bonds. The van der Waals surface area contributed by atoms with Gasteiger partial charge in [-0.25, -0.2) is 9.97 Å². The number of hydrogen-bond acceptors (Lipinski definition) is 4. The lowest BCUT2D eigenvalue weighted by Crippen LogP contribution is -2.42. The number of rotatable bonds is 2. The standard InChI is InChI=1S/C10H14BrN3O/c11-9-5-12-7-13-10(9)14-4-2-1-3-8(14)6-15/h5,7-8,15H,1-4,6H2. The van der Waals surface area contributed by atoms with Crippen LogP contribution in [0, 0.1) is 0 Å². The molecule has 0 aromatic carbocycles. The molecule has 1 unspecified atom stereocenters. The van der Waals surface area contributed by atoms with Crippen molar-refractivity contribution in [3.05, 3.63) is 17.0 Å². The molecule has 0 saturated carbocycles. The van der Waals surface area contributed by atoms with Gasteiger partial charge in [0, 0.05) is 12.7 Å². The Kier molecular flexibility index (Phi) is 3.53. The third kappa shape index (κ3) is 2.29. The maximum Gasteiger partial charge on any atom is 0.146 e. The SMILES string of the molecule is OCC1CCCCN1c1ncncc1Br. The second-order valence-corrected chi connectivity index (χ2v) is 4.57. The Labute approximate surface area is 97.5 Å². The average Bonchev–Trinajstić information content (AvgIpc) is 2.30. The first-order valence-electron chi connectivity index (χ1n) is 5.16. The number of piperidine rings is 1. The van der Waals surface area contributed by atoms with Crippen LogP contribution in [0.4, 0.5) is 5.82 Å². The minimum atomic E-state index is 0.191. The maximum atomic E-state index is 9.31. The summed E-state index contributed by atoms with van der Waals surface area (Å²) in [5, 5.41) is 9.31. The molecule has 1 N–H and O–H groups in total. The first-order valence-corrected chi connectivity index (χ1v) is 5.95. The molecule has 1 aliphatic heterocycles. The number of halogens is 1. The van der Waals surface area contributed by atoms with Crippen molar-refractivity contribution in [3.8, 4) is 0 Å². The van der Waals surface area contributed by atoms with E-state index in [-0.39, 0.29) is 12.6 Å². The van der Waals surface area contributed by atoms with E-state index in [4.69, 9.17) is 0 Å². The summed E-state index contributed by atoms with van der Waals surface area (Å²) in [4.78, 5) is 10.4. The Morgan fingerprint density at radius 1 is 1.53 bits per heavy atom. The number of nitrogens with zero attached hydrogens (tertiary/aromatic N) is 3. The summed E-state index contributed by atoms with van der Waals surface area (Å²) in [5.41, 5.74) is 0. The van der Waals surface area contributed by atoms with E-state index in [2.05, 4.69) is 30.8 Å². The van der Waals surface area contributed by atoms with Crippen LogP contribution in [0.25, 0.3) is 0 Å². The van der Waals surface area contributed by atoms with Crippen LogP contribution in [0.2, 0.25) is 0 Å². The lowest BCUT2D eigenvalue weighted by molar-refractivity contribution is 0.239. The van der Waals surface area contributed by atoms with Crippen molar-refractivity contribution in [2.75, 3.05) is 18.1 Å². The lowest BCUT2D eigenvalue weighted by atomic mass is 10.0. The van der Waals surface area contributed by atoms with Crippen molar-refractivity contribution in [1.82, 2.24) is 9.97 Å². The normalized spacial score (nSPS) is 21.7. The molecule has 1 saturated heterocycles. The maximum absolute atomic E-state index is 9.31. The second-order valence-electron chi connectivity index (χ2n) is 3.72. The smallest absolute Gasteiger partial charge is 0.146 e. The summed E-state index contributed by atoms with van der Waals surface area (Å²) in [5.74, 6) is 0.892. The van der Waals surface area contributed by atoms with E-state index in [0.717, 1.165) is 29.7 Å². The van der Waals surface area contributed by atoms with Crippen molar-refractivity contribution >= 4 is 21.7 Å². The third-order valence-electron chi connectivity index (χ3n) is 2.76. The van der Waals surface area contributed by atoms with E-state index in [9.17, 15) is 5.11 Å². The van der Waals surface area contributed by atoms with Gasteiger partial charge in [-0.2, -0.15) is 0 Å². The van der Waals surface area contributed by atoms with Gasteiger partial charge in [-0.15, -0.1) is 0 Å². The number of anilines is 1. The number of aliphatic hydroxyl groups excluding tert-OH is 1. The van der Waals surface area contributed by atoms with Gasteiger partial charge in [0.1, 0.15) is 12.1 Å². The molecule has 1 fully saturated rings. The van der Waals surface area contributed by atoms with E-state index < -0.39 is 0 Å². The summed E-state index contributed by atoms with van der Waals surface area (Å²) < 4.78 is 0.894. The zero-order valence-corrected chi connectivity index (χ0v) is 10.0. The highest BCUT2D eigenvalue weighted by Gasteiger charge is 2.24. The van der Waals surface area contributed by atoms with Crippen LogP contribution in [0.5, 0.6) is 0 Å². The van der Waals surface area contributed by atoms with Gasteiger partial charge >= 0.3 is 0 Å². The molecule has 0 radical (unpaired) electrons. The molecule has 1 aromatic heterocycles. The molecule has 4 nitrogen and oxygen atoms in total. The Morgan fingerprint density at radius 2 is 2.40 bits per heavy atom. The Balaban J connectivity index is 2.24. The number of aliphatic hydroxyl groups is 1. The van der Waals surface area contributed by atoms with Gasteiger partial charge in [0.05, 0.1) is 17.1 Å². The van der Waals surface area contributed by atoms with Crippen molar-refractivity contribution in [1.29, 1.82) is 0 Å². The van der Waals surface area contributed by atoms with E-state index in [0.29, 0.717) is 0 Å². The number of aromatic nitrogens is 2. The van der Waals surface area contributed by atoms with Gasteiger partial charge in [-0.3, -0.25) is 0 Å². The molecular formula is C10H14BrN3O. The minimum absolute atomic E-state index is 0.191. The summed E-state index contributed by atoms with van der Waals surface area (Å²) in [6, 6.07) is 0.199. The quantitative estimate of drug-likeness (QED) is 0.888. The summed E-state index contributed by atoms with van der Waals surface area (Å²) in [6.45, 7) is 1.15. The average molecular weight is 272 g/mol. The highest BCUT2D eigenvalue weighted by molar-refractivity contribution is 9.10. The summed E-state index contributed by atoms with van der Waals surface area (Å²) >= 11 is 3.44. The van der Waals surface area contributed by atoms with Crippen molar-refractivity contribution in [2.45, 2.75) is 25.3 Å². The van der Waals surface area contributed by atoms with Gasteiger partial charge in [0.2, 0.25) is 0 Å². The first-order chi connectivity index (χ1) is 7.33. The molecule has 1 atom stereocenters. The summed E-state index contributed by atoms with van der Waals surface area (Å²) in [7, 11) is 0. The summed E-state index contributed by atoms with van der Waals surface area (Å²) in [6.07, 6.45) is 6.67. The van der Waals surface area contributed by atoms with E-state index in [1.807, 2.05) is 0 Å². The van der Waals surface area contributed by atoms with Crippen LogP contribution in [0.3, 0.4) is 0 Å².